The van der Waals surface area contributed by atoms with Crippen LogP contribution in [0.5, 0.6) is 5.75 Å². The summed E-state index contributed by atoms with van der Waals surface area (Å²) >= 11 is 0. The Morgan fingerprint density at radius 2 is 1.61 bits per heavy atom. The number of carbonyl (C=O) groups excluding carboxylic acids is 1. The van der Waals surface area contributed by atoms with Gasteiger partial charge in [0.25, 0.3) is 5.91 Å². The molecule has 1 aliphatic rings. The number of benzene rings is 2. The van der Waals surface area contributed by atoms with E-state index >= 15 is 0 Å². The summed E-state index contributed by atoms with van der Waals surface area (Å²) in [4.78, 5) is 14.5. The molecule has 1 amide bonds. The monoisotopic (exact) mass is 445 g/mol. The van der Waals surface area contributed by atoms with Crippen LogP contribution >= 0.6 is 0 Å². The van der Waals surface area contributed by atoms with Gasteiger partial charge in [-0.25, -0.2) is 8.42 Å². The molecule has 0 aromatic heterocycles. The maximum Gasteiger partial charge on any atom is 0.260 e. The van der Waals surface area contributed by atoms with E-state index in [0.29, 0.717) is 18.8 Å². The van der Waals surface area contributed by atoms with E-state index in [2.05, 4.69) is 22.3 Å². The predicted molar refractivity (Wildman–Crippen MR) is 121 cm³/mol. The largest absolute Gasteiger partial charge is 0.481 e. The molecule has 1 saturated heterocycles. The number of sulfonamides is 1. The van der Waals surface area contributed by atoms with Gasteiger partial charge in [0.1, 0.15) is 5.75 Å². The van der Waals surface area contributed by atoms with Crippen molar-refractivity contribution in [1.82, 2.24) is 14.5 Å². The summed E-state index contributed by atoms with van der Waals surface area (Å²) in [7, 11) is -3.40. The Morgan fingerprint density at radius 3 is 2.26 bits per heavy atom. The lowest BCUT2D eigenvalue weighted by molar-refractivity contribution is -0.127. The van der Waals surface area contributed by atoms with Crippen molar-refractivity contribution in [2.24, 2.45) is 0 Å². The van der Waals surface area contributed by atoms with E-state index in [4.69, 9.17) is 4.74 Å². The molecule has 0 bridgehead atoms. The van der Waals surface area contributed by atoms with Gasteiger partial charge in [0.05, 0.1) is 5.75 Å². The number of para-hydroxylation sites is 1. The van der Waals surface area contributed by atoms with Gasteiger partial charge < -0.3 is 15.0 Å². The lowest BCUT2D eigenvalue weighted by atomic mass is 10.1. The van der Waals surface area contributed by atoms with Crippen molar-refractivity contribution < 1.29 is 17.9 Å². The third-order valence-corrected chi connectivity index (χ3v) is 7.24. The Labute approximate surface area is 185 Å². The summed E-state index contributed by atoms with van der Waals surface area (Å²) in [6.07, 6.45) is 0.265. The molecule has 0 saturated carbocycles. The van der Waals surface area contributed by atoms with Crippen molar-refractivity contribution in [2.45, 2.75) is 19.4 Å². The minimum Gasteiger partial charge on any atom is -0.481 e. The predicted octanol–water partition coefficient (Wildman–Crippen LogP) is 1.76. The van der Waals surface area contributed by atoms with E-state index in [1.54, 1.807) is 19.1 Å². The molecule has 2 aromatic carbocycles. The number of ether oxygens (including phenoxy) is 1. The highest BCUT2D eigenvalue weighted by molar-refractivity contribution is 7.89. The summed E-state index contributed by atoms with van der Waals surface area (Å²) in [5, 5.41) is 2.66. The minimum atomic E-state index is -3.40. The van der Waals surface area contributed by atoms with Crippen LogP contribution in [-0.2, 0) is 21.2 Å². The number of nitrogens with one attached hydrogen (secondary N) is 1. The summed E-state index contributed by atoms with van der Waals surface area (Å²) in [6.45, 7) is 5.05. The fourth-order valence-corrected chi connectivity index (χ4v) is 4.83. The molecule has 1 fully saturated rings. The van der Waals surface area contributed by atoms with Gasteiger partial charge >= 0.3 is 0 Å². The van der Waals surface area contributed by atoms with Crippen LogP contribution in [0.25, 0.3) is 0 Å². The maximum absolute atomic E-state index is 12.6. The highest BCUT2D eigenvalue weighted by Gasteiger charge is 2.27. The van der Waals surface area contributed by atoms with E-state index < -0.39 is 16.1 Å². The second-order valence-electron chi connectivity index (χ2n) is 7.66. The quantitative estimate of drug-likeness (QED) is 0.603. The van der Waals surface area contributed by atoms with Gasteiger partial charge in [0.15, 0.2) is 6.10 Å². The highest BCUT2D eigenvalue weighted by Crippen LogP contribution is 2.11. The SMILES string of the molecule is CC(Oc1ccccc1)C(=O)NCCS(=O)(=O)N1CCN(CCc2ccccc2)CC1. The van der Waals surface area contributed by atoms with Gasteiger partial charge in [-0.3, -0.25) is 4.79 Å². The summed E-state index contributed by atoms with van der Waals surface area (Å²) < 4.78 is 32.4. The fourth-order valence-electron chi connectivity index (χ4n) is 3.50. The third-order valence-electron chi connectivity index (χ3n) is 5.37. The fraction of sp³-hybridized carbons (Fsp3) is 0.435. The van der Waals surface area contributed by atoms with Crippen LogP contribution in [0.15, 0.2) is 60.7 Å². The number of piperazine rings is 1. The van der Waals surface area contributed by atoms with E-state index in [9.17, 15) is 13.2 Å². The van der Waals surface area contributed by atoms with Crippen LogP contribution in [0.3, 0.4) is 0 Å². The second-order valence-corrected chi connectivity index (χ2v) is 9.74. The van der Waals surface area contributed by atoms with Gasteiger partial charge in [-0.15, -0.1) is 0 Å². The second kappa shape index (κ2) is 11.3. The van der Waals surface area contributed by atoms with Crippen molar-refractivity contribution in [1.29, 1.82) is 0 Å². The van der Waals surface area contributed by atoms with Crippen LogP contribution in [0.2, 0.25) is 0 Å². The smallest absolute Gasteiger partial charge is 0.260 e. The standard InChI is InChI=1S/C23H31N3O4S/c1-20(30-22-10-6-3-7-11-22)23(27)24-13-19-31(28,29)26-17-15-25(16-18-26)14-12-21-8-4-2-5-9-21/h2-11,20H,12-19H2,1H3,(H,24,27). The van der Waals surface area contributed by atoms with E-state index in [0.717, 1.165) is 26.1 Å². The van der Waals surface area contributed by atoms with Crippen LogP contribution < -0.4 is 10.1 Å². The molecule has 0 spiro atoms. The van der Waals surface area contributed by atoms with Gasteiger partial charge in [0.2, 0.25) is 10.0 Å². The van der Waals surface area contributed by atoms with Gasteiger partial charge in [-0.1, -0.05) is 48.5 Å². The zero-order valence-corrected chi connectivity index (χ0v) is 18.8. The molecule has 168 valence electrons. The number of hydrogen-bond donors (Lipinski definition) is 1. The van der Waals surface area contributed by atoms with Crippen molar-refractivity contribution in [3.63, 3.8) is 0 Å². The Bertz CT molecular complexity index is 914. The number of carbonyl (C=O) groups is 1. The zero-order valence-electron chi connectivity index (χ0n) is 17.9. The third kappa shape index (κ3) is 7.34. The molecule has 7 nitrogen and oxygen atoms in total. The van der Waals surface area contributed by atoms with E-state index in [-0.39, 0.29) is 18.2 Å². The number of rotatable bonds is 10. The first-order valence-corrected chi connectivity index (χ1v) is 12.3. The Morgan fingerprint density at radius 1 is 1.00 bits per heavy atom. The molecule has 31 heavy (non-hydrogen) atoms. The van der Waals surface area contributed by atoms with E-state index in [1.165, 1.54) is 9.87 Å². The van der Waals surface area contributed by atoms with Crippen molar-refractivity contribution in [3.05, 3.63) is 66.2 Å². The van der Waals surface area contributed by atoms with Crippen LogP contribution in [0.1, 0.15) is 12.5 Å². The topological polar surface area (TPSA) is 78.9 Å². The molecular formula is C23H31N3O4S. The molecule has 1 N–H and O–H groups in total. The van der Waals surface area contributed by atoms with Crippen LogP contribution in [0.4, 0.5) is 0 Å². The first-order valence-electron chi connectivity index (χ1n) is 10.7. The molecule has 2 aromatic rings. The molecule has 1 unspecified atom stereocenters. The first kappa shape index (κ1) is 23.2. The molecule has 0 radical (unpaired) electrons. The Kier molecular flexibility index (Phi) is 8.45. The number of amides is 1. The Hall–Kier alpha value is -2.42. The first-order chi connectivity index (χ1) is 14.9. The van der Waals surface area contributed by atoms with E-state index in [1.807, 2.05) is 36.4 Å². The van der Waals surface area contributed by atoms with Crippen LogP contribution in [-0.4, -0.2) is 74.7 Å². The van der Waals surface area contributed by atoms with Gasteiger partial charge in [-0.05, 0) is 31.0 Å². The lowest BCUT2D eigenvalue weighted by Gasteiger charge is -2.34. The number of nitrogens with zero attached hydrogens (tertiary/aromatic N) is 2. The molecule has 0 aliphatic carbocycles. The average Bonchev–Trinajstić information content (AvgIpc) is 2.79. The van der Waals surface area contributed by atoms with Gasteiger partial charge in [0, 0.05) is 39.3 Å². The Balaban J connectivity index is 1.36. The molecule has 1 aliphatic heterocycles. The summed E-state index contributed by atoms with van der Waals surface area (Å²) in [6, 6.07) is 19.4. The minimum absolute atomic E-state index is 0.0673. The number of hydrogen-bond acceptors (Lipinski definition) is 5. The summed E-state index contributed by atoms with van der Waals surface area (Å²) in [5.41, 5.74) is 1.29. The molecule has 1 atom stereocenters. The molecule has 3 rings (SSSR count). The normalized spacial score (nSPS) is 16.5. The molecule has 8 heteroatoms. The van der Waals surface area contributed by atoms with Crippen molar-refractivity contribution in [2.75, 3.05) is 45.0 Å². The molecular weight excluding hydrogens is 414 g/mol. The molecule has 1 heterocycles. The van der Waals surface area contributed by atoms with Crippen LogP contribution in [0, 0.1) is 0 Å². The summed E-state index contributed by atoms with van der Waals surface area (Å²) in [5.74, 6) is 0.161. The van der Waals surface area contributed by atoms with Gasteiger partial charge in [-0.2, -0.15) is 4.31 Å². The highest BCUT2D eigenvalue weighted by atomic mass is 32.2. The van der Waals surface area contributed by atoms with Crippen molar-refractivity contribution in [3.8, 4) is 5.75 Å². The lowest BCUT2D eigenvalue weighted by Crippen LogP contribution is -2.50. The maximum atomic E-state index is 12.6. The average molecular weight is 446 g/mol. The van der Waals surface area contributed by atoms with Crippen molar-refractivity contribution >= 4 is 15.9 Å². The zero-order chi connectivity index (χ0) is 22.1.